The number of Topliss-reactive ketones (excluding diaryl/α,β-unsaturated/α-hetero) is 1. The van der Waals surface area contributed by atoms with Gasteiger partial charge in [-0.1, -0.05) is 0 Å². The maximum Gasteiger partial charge on any atom is 0.299 e. The van der Waals surface area contributed by atoms with Crippen molar-refractivity contribution in [2.75, 3.05) is 11.4 Å². The molecule has 0 aliphatic carbocycles. The van der Waals surface area contributed by atoms with Gasteiger partial charge in [-0.2, -0.15) is 0 Å². The van der Waals surface area contributed by atoms with Crippen molar-refractivity contribution in [1.29, 1.82) is 0 Å². The number of hydrogen-bond donors (Lipinski definition) is 2. The van der Waals surface area contributed by atoms with Crippen LogP contribution in [-0.2, 0) is 9.59 Å². The number of hydrazine groups is 1. The van der Waals surface area contributed by atoms with E-state index in [9.17, 15) is 18.8 Å². The normalized spacial score (nSPS) is 13.6. The first-order valence-corrected chi connectivity index (χ1v) is 6.61. The molecule has 0 radical (unpaired) electrons. The fourth-order valence-electron chi connectivity index (χ4n) is 2.36. The zero-order chi connectivity index (χ0) is 15.6. The molecule has 1 heterocycles. The molecule has 1 aromatic rings. The highest BCUT2D eigenvalue weighted by Gasteiger charge is 2.37. The Kier molecular flexibility index (Phi) is 4.32. The van der Waals surface area contributed by atoms with Crippen LogP contribution in [0.3, 0.4) is 0 Å². The number of carbonyl (C=O) groups excluding carboxylic acids is 3. The Balaban J connectivity index is 2.10. The molecule has 21 heavy (non-hydrogen) atoms. The number of nitrogens with zero attached hydrogens (tertiary/aromatic N) is 1. The molecule has 2 amide bonds. The van der Waals surface area contributed by atoms with E-state index in [2.05, 4.69) is 0 Å². The molecule has 1 aromatic carbocycles. The maximum atomic E-state index is 14.0. The van der Waals surface area contributed by atoms with Gasteiger partial charge in [0.2, 0.25) is 5.91 Å². The predicted octanol–water partition coefficient (Wildman–Crippen LogP) is 0.824. The Morgan fingerprint density at radius 1 is 1.33 bits per heavy atom. The molecular weight excluding hydrogens is 277 g/mol. The summed E-state index contributed by atoms with van der Waals surface area (Å²) in [7, 11) is 0. The predicted molar refractivity (Wildman–Crippen MR) is 74.0 cm³/mol. The summed E-state index contributed by atoms with van der Waals surface area (Å²) in [6.45, 7) is 1.85. The van der Waals surface area contributed by atoms with Crippen LogP contribution in [-0.4, -0.2) is 24.1 Å². The minimum atomic E-state index is -0.724. The number of amides is 2. The second kappa shape index (κ2) is 6.01. The van der Waals surface area contributed by atoms with Crippen molar-refractivity contribution in [2.24, 2.45) is 5.84 Å². The number of nitrogens with one attached hydrogen (secondary N) is 1. The smallest absolute Gasteiger partial charge is 0.299 e. The van der Waals surface area contributed by atoms with Gasteiger partial charge in [0.1, 0.15) is 5.82 Å². The first kappa shape index (κ1) is 15.1. The SMILES string of the molecule is Cc1cc(F)c2c(c1)C(=O)C(=O)N2CCCCC(=O)NN. The van der Waals surface area contributed by atoms with Crippen LogP contribution in [0.5, 0.6) is 0 Å². The summed E-state index contributed by atoms with van der Waals surface area (Å²) in [4.78, 5) is 35.9. The number of nitrogens with two attached hydrogens (primary N) is 1. The van der Waals surface area contributed by atoms with E-state index in [0.29, 0.717) is 18.4 Å². The summed E-state index contributed by atoms with van der Waals surface area (Å²) in [6, 6.07) is 2.81. The molecule has 0 aromatic heterocycles. The fourth-order valence-corrected chi connectivity index (χ4v) is 2.36. The van der Waals surface area contributed by atoms with Crippen LogP contribution in [0, 0.1) is 12.7 Å². The number of carbonyl (C=O) groups is 3. The second-order valence-electron chi connectivity index (χ2n) is 4.95. The molecule has 2 rings (SSSR count). The van der Waals surface area contributed by atoms with Crippen molar-refractivity contribution in [1.82, 2.24) is 5.43 Å². The zero-order valence-electron chi connectivity index (χ0n) is 11.6. The molecule has 7 heteroatoms. The van der Waals surface area contributed by atoms with E-state index in [1.165, 1.54) is 12.1 Å². The van der Waals surface area contributed by atoms with Gasteiger partial charge in [-0.25, -0.2) is 10.2 Å². The minimum absolute atomic E-state index is 0.0406. The topological polar surface area (TPSA) is 92.5 Å². The lowest BCUT2D eigenvalue weighted by atomic mass is 10.1. The molecule has 1 aliphatic heterocycles. The summed E-state index contributed by atoms with van der Waals surface area (Å²) in [5.74, 6) is 2.66. The zero-order valence-corrected chi connectivity index (χ0v) is 11.6. The highest BCUT2D eigenvalue weighted by atomic mass is 19.1. The van der Waals surface area contributed by atoms with Gasteiger partial charge in [0.25, 0.3) is 11.7 Å². The third-order valence-electron chi connectivity index (χ3n) is 3.36. The average molecular weight is 293 g/mol. The number of rotatable bonds is 5. The van der Waals surface area contributed by atoms with Gasteiger partial charge in [-0.15, -0.1) is 0 Å². The second-order valence-corrected chi connectivity index (χ2v) is 4.95. The highest BCUT2D eigenvalue weighted by Crippen LogP contribution is 2.33. The van der Waals surface area contributed by atoms with Crippen LogP contribution < -0.4 is 16.2 Å². The number of unbranched alkanes of at least 4 members (excludes halogenated alkanes) is 1. The monoisotopic (exact) mass is 293 g/mol. The molecule has 112 valence electrons. The van der Waals surface area contributed by atoms with Crippen LogP contribution in [0.15, 0.2) is 12.1 Å². The van der Waals surface area contributed by atoms with E-state index < -0.39 is 17.5 Å². The third-order valence-corrected chi connectivity index (χ3v) is 3.36. The van der Waals surface area contributed by atoms with E-state index in [0.717, 1.165) is 4.90 Å². The Hall–Kier alpha value is -2.28. The van der Waals surface area contributed by atoms with Crippen molar-refractivity contribution >= 4 is 23.3 Å². The minimum Gasteiger partial charge on any atom is -0.302 e. The Morgan fingerprint density at radius 3 is 2.71 bits per heavy atom. The average Bonchev–Trinajstić information content (AvgIpc) is 2.68. The number of fused-ring (bicyclic) bond motifs is 1. The van der Waals surface area contributed by atoms with Gasteiger partial charge in [0, 0.05) is 13.0 Å². The standard InChI is InChI=1S/C14H16FN3O3/c1-8-6-9-12(10(15)7-8)18(14(21)13(9)20)5-3-2-4-11(19)17-16/h6-7H,2-5,16H2,1H3,(H,17,19). The molecule has 0 saturated carbocycles. The van der Waals surface area contributed by atoms with Gasteiger partial charge in [-0.3, -0.25) is 19.8 Å². The number of halogens is 1. The number of benzene rings is 1. The van der Waals surface area contributed by atoms with E-state index in [1.807, 2.05) is 5.43 Å². The van der Waals surface area contributed by atoms with E-state index in [1.54, 1.807) is 6.92 Å². The number of ketones is 1. The third kappa shape index (κ3) is 2.92. The van der Waals surface area contributed by atoms with Gasteiger partial charge < -0.3 is 4.90 Å². The van der Waals surface area contributed by atoms with Gasteiger partial charge >= 0.3 is 0 Å². The summed E-state index contributed by atoms with van der Waals surface area (Å²) in [6.07, 6.45) is 1.18. The largest absolute Gasteiger partial charge is 0.302 e. The van der Waals surface area contributed by atoms with Crippen molar-refractivity contribution in [2.45, 2.75) is 26.2 Å². The summed E-state index contributed by atoms with van der Waals surface area (Å²) in [5.41, 5.74) is 2.75. The van der Waals surface area contributed by atoms with Crippen LogP contribution in [0.2, 0.25) is 0 Å². The number of anilines is 1. The van der Waals surface area contributed by atoms with Gasteiger partial charge in [-0.05, 0) is 37.5 Å². The van der Waals surface area contributed by atoms with E-state index >= 15 is 0 Å². The molecule has 0 atom stereocenters. The van der Waals surface area contributed by atoms with Gasteiger partial charge in [0.05, 0.1) is 11.3 Å². The Bertz CT molecular complexity index is 616. The van der Waals surface area contributed by atoms with Crippen LogP contribution in [0.1, 0.15) is 35.2 Å². The molecule has 0 bridgehead atoms. The Morgan fingerprint density at radius 2 is 2.05 bits per heavy atom. The quantitative estimate of drug-likeness (QED) is 0.276. The molecule has 6 nitrogen and oxygen atoms in total. The van der Waals surface area contributed by atoms with Gasteiger partial charge in [0.15, 0.2) is 0 Å². The Labute approximate surface area is 121 Å². The molecule has 0 unspecified atom stereocenters. The molecule has 0 saturated heterocycles. The summed E-state index contributed by atoms with van der Waals surface area (Å²) >= 11 is 0. The van der Waals surface area contributed by atoms with Crippen LogP contribution >= 0.6 is 0 Å². The lowest BCUT2D eigenvalue weighted by molar-refractivity contribution is -0.121. The summed E-state index contributed by atoms with van der Waals surface area (Å²) < 4.78 is 14.0. The highest BCUT2D eigenvalue weighted by molar-refractivity contribution is 6.52. The number of aryl methyl sites for hydroxylation is 1. The van der Waals surface area contributed by atoms with Crippen LogP contribution in [0.4, 0.5) is 10.1 Å². The lowest BCUT2D eigenvalue weighted by Gasteiger charge is -2.17. The maximum absolute atomic E-state index is 14.0. The van der Waals surface area contributed by atoms with E-state index in [-0.39, 0.29) is 30.1 Å². The first-order valence-electron chi connectivity index (χ1n) is 6.61. The molecule has 0 spiro atoms. The van der Waals surface area contributed by atoms with Crippen molar-refractivity contribution in [3.05, 3.63) is 29.1 Å². The number of hydrogen-bond acceptors (Lipinski definition) is 4. The fraction of sp³-hybridized carbons (Fsp3) is 0.357. The molecule has 3 N–H and O–H groups in total. The van der Waals surface area contributed by atoms with E-state index in [4.69, 9.17) is 5.84 Å². The van der Waals surface area contributed by atoms with Crippen molar-refractivity contribution in [3.63, 3.8) is 0 Å². The summed E-state index contributed by atoms with van der Waals surface area (Å²) in [5, 5.41) is 0. The molecular formula is C14H16FN3O3. The molecule has 1 aliphatic rings. The van der Waals surface area contributed by atoms with Crippen LogP contribution in [0.25, 0.3) is 0 Å². The lowest BCUT2D eigenvalue weighted by Crippen LogP contribution is -2.32. The first-order chi connectivity index (χ1) is 9.95. The van der Waals surface area contributed by atoms with Crippen molar-refractivity contribution in [3.8, 4) is 0 Å². The molecule has 0 fully saturated rings. The van der Waals surface area contributed by atoms with Crippen molar-refractivity contribution < 1.29 is 18.8 Å².